The van der Waals surface area contributed by atoms with E-state index in [2.05, 4.69) is 36.0 Å². The molecule has 1 saturated heterocycles. The molecule has 0 spiro atoms. The molecule has 0 aromatic carbocycles. The van der Waals surface area contributed by atoms with Crippen molar-refractivity contribution in [3.63, 3.8) is 0 Å². The molecule has 1 aliphatic heterocycles. The van der Waals surface area contributed by atoms with Crippen LogP contribution in [0.3, 0.4) is 0 Å². The van der Waals surface area contributed by atoms with E-state index < -0.39 is 0 Å². The molecule has 1 aliphatic rings. The van der Waals surface area contributed by atoms with E-state index in [-0.39, 0.29) is 6.04 Å². The molecule has 20 heavy (non-hydrogen) atoms. The molecule has 2 N–H and O–H groups in total. The van der Waals surface area contributed by atoms with Gasteiger partial charge in [0.05, 0.1) is 6.04 Å². The second-order valence-corrected chi connectivity index (χ2v) is 5.76. The standard InChI is InChI=1S/C13H16BrN5O/c14-9-4-3-5-16-11(9)13-17-12(18-20-13)10(15)8-19-6-1-2-7-19/h3-5,10H,1-2,6-8,15H2. The van der Waals surface area contributed by atoms with Crippen LogP contribution in [0.15, 0.2) is 27.3 Å². The van der Waals surface area contributed by atoms with E-state index in [1.165, 1.54) is 12.8 Å². The maximum atomic E-state index is 6.15. The summed E-state index contributed by atoms with van der Waals surface area (Å²) >= 11 is 3.42. The molecule has 106 valence electrons. The molecule has 1 atom stereocenters. The molecule has 6 nitrogen and oxygen atoms in total. The lowest BCUT2D eigenvalue weighted by molar-refractivity contribution is 0.306. The Kier molecular flexibility index (Phi) is 4.09. The molecule has 3 heterocycles. The first kappa shape index (κ1) is 13.7. The van der Waals surface area contributed by atoms with Gasteiger partial charge in [0, 0.05) is 17.2 Å². The van der Waals surface area contributed by atoms with Crippen molar-refractivity contribution in [2.75, 3.05) is 19.6 Å². The molecule has 0 aliphatic carbocycles. The second-order valence-electron chi connectivity index (χ2n) is 4.91. The predicted octanol–water partition coefficient (Wildman–Crippen LogP) is 1.99. The van der Waals surface area contributed by atoms with Gasteiger partial charge < -0.3 is 15.2 Å². The number of likely N-dealkylation sites (tertiary alicyclic amines) is 1. The first-order valence-electron chi connectivity index (χ1n) is 6.66. The Morgan fingerprint density at radius 3 is 2.95 bits per heavy atom. The minimum Gasteiger partial charge on any atom is -0.332 e. The van der Waals surface area contributed by atoms with Gasteiger partial charge in [0.1, 0.15) is 5.69 Å². The van der Waals surface area contributed by atoms with Crippen LogP contribution in [-0.2, 0) is 0 Å². The number of hydrogen-bond acceptors (Lipinski definition) is 6. The van der Waals surface area contributed by atoms with E-state index >= 15 is 0 Å². The normalized spacial score (nSPS) is 17.5. The maximum absolute atomic E-state index is 6.15. The highest BCUT2D eigenvalue weighted by Crippen LogP contribution is 2.25. The minimum atomic E-state index is -0.229. The van der Waals surface area contributed by atoms with Gasteiger partial charge in [-0.2, -0.15) is 4.98 Å². The fraction of sp³-hybridized carbons (Fsp3) is 0.462. The highest BCUT2D eigenvalue weighted by molar-refractivity contribution is 9.10. The lowest BCUT2D eigenvalue weighted by atomic mass is 10.3. The van der Waals surface area contributed by atoms with Gasteiger partial charge in [-0.05, 0) is 54.0 Å². The summed E-state index contributed by atoms with van der Waals surface area (Å²) in [5.74, 6) is 0.925. The smallest absolute Gasteiger partial charge is 0.277 e. The molecule has 0 radical (unpaired) electrons. The summed E-state index contributed by atoms with van der Waals surface area (Å²) in [4.78, 5) is 10.9. The van der Waals surface area contributed by atoms with Crippen molar-refractivity contribution in [3.05, 3.63) is 28.6 Å². The lowest BCUT2D eigenvalue weighted by Crippen LogP contribution is -2.30. The number of nitrogens with zero attached hydrogens (tertiary/aromatic N) is 4. The van der Waals surface area contributed by atoms with Crippen LogP contribution in [-0.4, -0.2) is 39.7 Å². The van der Waals surface area contributed by atoms with Crippen molar-refractivity contribution in [3.8, 4) is 11.6 Å². The van der Waals surface area contributed by atoms with Crippen LogP contribution in [0, 0.1) is 0 Å². The molecule has 0 bridgehead atoms. The molecule has 2 aromatic rings. The number of halogens is 1. The zero-order valence-electron chi connectivity index (χ0n) is 11.0. The third-order valence-corrected chi connectivity index (χ3v) is 4.03. The van der Waals surface area contributed by atoms with Gasteiger partial charge in [-0.1, -0.05) is 5.16 Å². The van der Waals surface area contributed by atoms with Gasteiger partial charge >= 0.3 is 0 Å². The summed E-state index contributed by atoms with van der Waals surface area (Å²) in [6.07, 6.45) is 4.17. The van der Waals surface area contributed by atoms with E-state index in [1.54, 1.807) is 6.20 Å². The minimum absolute atomic E-state index is 0.229. The number of nitrogens with two attached hydrogens (primary N) is 1. The zero-order valence-corrected chi connectivity index (χ0v) is 12.6. The van der Waals surface area contributed by atoms with Crippen LogP contribution in [0.2, 0.25) is 0 Å². The van der Waals surface area contributed by atoms with Crippen molar-refractivity contribution in [2.24, 2.45) is 5.73 Å². The zero-order chi connectivity index (χ0) is 13.9. The molecule has 7 heteroatoms. The van der Waals surface area contributed by atoms with Gasteiger partial charge in [-0.15, -0.1) is 0 Å². The molecule has 1 unspecified atom stereocenters. The molecule has 1 fully saturated rings. The third kappa shape index (κ3) is 2.89. The fourth-order valence-corrected chi connectivity index (χ4v) is 2.77. The van der Waals surface area contributed by atoms with Crippen LogP contribution in [0.5, 0.6) is 0 Å². The Balaban J connectivity index is 1.74. The van der Waals surface area contributed by atoms with Crippen LogP contribution >= 0.6 is 15.9 Å². The summed E-state index contributed by atoms with van der Waals surface area (Å²) < 4.78 is 6.09. The van der Waals surface area contributed by atoms with Gasteiger partial charge in [0.15, 0.2) is 5.82 Å². The fourth-order valence-electron chi connectivity index (χ4n) is 2.35. The molecular formula is C13H16BrN5O. The van der Waals surface area contributed by atoms with E-state index in [9.17, 15) is 0 Å². The SMILES string of the molecule is NC(CN1CCCC1)c1noc(-c2ncccc2Br)n1. The first-order chi connectivity index (χ1) is 9.74. The Morgan fingerprint density at radius 1 is 1.40 bits per heavy atom. The van der Waals surface area contributed by atoms with Gasteiger partial charge in [-0.3, -0.25) is 0 Å². The number of rotatable bonds is 4. The highest BCUT2D eigenvalue weighted by atomic mass is 79.9. The average Bonchev–Trinajstić information content (AvgIpc) is 3.10. The van der Waals surface area contributed by atoms with Gasteiger partial charge in [-0.25, -0.2) is 4.98 Å². The molecular weight excluding hydrogens is 322 g/mol. The van der Waals surface area contributed by atoms with E-state index in [4.69, 9.17) is 10.3 Å². The molecule has 0 amide bonds. The van der Waals surface area contributed by atoms with Crippen molar-refractivity contribution in [1.29, 1.82) is 0 Å². The monoisotopic (exact) mass is 337 g/mol. The lowest BCUT2D eigenvalue weighted by Gasteiger charge is -2.17. The number of hydrogen-bond donors (Lipinski definition) is 1. The average molecular weight is 338 g/mol. The summed E-state index contributed by atoms with van der Waals surface area (Å²) in [6, 6.07) is 3.49. The van der Waals surface area contributed by atoms with Crippen molar-refractivity contribution in [1.82, 2.24) is 20.0 Å². The van der Waals surface area contributed by atoms with Gasteiger partial charge in [0.25, 0.3) is 5.89 Å². The van der Waals surface area contributed by atoms with E-state index in [1.807, 2.05) is 12.1 Å². The molecule has 2 aromatic heterocycles. The topological polar surface area (TPSA) is 81.1 Å². The Hall–Kier alpha value is -1.31. The van der Waals surface area contributed by atoms with Crippen LogP contribution < -0.4 is 5.73 Å². The number of pyridine rings is 1. The summed E-state index contributed by atoms with van der Waals surface area (Å²) in [5, 5.41) is 3.98. The quantitative estimate of drug-likeness (QED) is 0.918. The summed E-state index contributed by atoms with van der Waals surface area (Å²) in [7, 11) is 0. The molecule has 0 saturated carbocycles. The van der Waals surface area contributed by atoms with Crippen molar-refractivity contribution < 1.29 is 4.52 Å². The van der Waals surface area contributed by atoms with Gasteiger partial charge in [0.2, 0.25) is 0 Å². The summed E-state index contributed by atoms with van der Waals surface area (Å²) in [6.45, 7) is 2.97. The Morgan fingerprint density at radius 2 is 2.20 bits per heavy atom. The third-order valence-electron chi connectivity index (χ3n) is 3.39. The van der Waals surface area contributed by atoms with Crippen LogP contribution in [0.1, 0.15) is 24.7 Å². The Labute approximate surface area is 125 Å². The highest BCUT2D eigenvalue weighted by Gasteiger charge is 2.21. The number of aromatic nitrogens is 3. The summed E-state index contributed by atoms with van der Waals surface area (Å²) in [5.41, 5.74) is 6.78. The predicted molar refractivity (Wildman–Crippen MR) is 77.8 cm³/mol. The maximum Gasteiger partial charge on any atom is 0.277 e. The van der Waals surface area contributed by atoms with Crippen molar-refractivity contribution in [2.45, 2.75) is 18.9 Å². The molecule has 3 rings (SSSR count). The Bertz CT molecular complexity index is 582. The second kappa shape index (κ2) is 5.99. The van der Waals surface area contributed by atoms with Crippen molar-refractivity contribution >= 4 is 15.9 Å². The first-order valence-corrected chi connectivity index (χ1v) is 7.46. The van der Waals surface area contributed by atoms with Crippen LogP contribution in [0.4, 0.5) is 0 Å². The van der Waals surface area contributed by atoms with Crippen LogP contribution in [0.25, 0.3) is 11.6 Å². The van der Waals surface area contributed by atoms with E-state index in [0.29, 0.717) is 17.4 Å². The largest absolute Gasteiger partial charge is 0.332 e. The van der Waals surface area contributed by atoms with E-state index in [0.717, 1.165) is 24.1 Å².